The van der Waals surface area contributed by atoms with Crippen molar-refractivity contribution in [2.45, 2.75) is 40.0 Å². The van der Waals surface area contributed by atoms with E-state index in [9.17, 15) is 9.59 Å². The minimum Gasteiger partial charge on any atom is -0.383 e. The minimum atomic E-state index is -0.215. The summed E-state index contributed by atoms with van der Waals surface area (Å²) < 4.78 is 10.5. The van der Waals surface area contributed by atoms with Gasteiger partial charge in [-0.15, -0.1) is 0 Å². The number of benzene rings is 1. The summed E-state index contributed by atoms with van der Waals surface area (Å²) in [7, 11) is 3.26. The molecule has 0 radical (unpaired) electrons. The Balaban J connectivity index is 2.52. The molecule has 6 heteroatoms. The van der Waals surface area contributed by atoms with Crippen molar-refractivity contribution in [1.29, 1.82) is 0 Å². The second-order valence-electron chi connectivity index (χ2n) is 7.48. The van der Waals surface area contributed by atoms with Gasteiger partial charge in [-0.3, -0.25) is 14.5 Å². The summed E-state index contributed by atoms with van der Waals surface area (Å²) in [6.07, 6.45) is 2.84. The number of hydrogen-bond donors (Lipinski definition) is 0. The predicted molar refractivity (Wildman–Crippen MR) is 114 cm³/mol. The molecule has 1 aliphatic heterocycles. The quantitative estimate of drug-likeness (QED) is 0.397. The van der Waals surface area contributed by atoms with Crippen LogP contribution in [0.1, 0.15) is 42.9 Å². The van der Waals surface area contributed by atoms with Crippen molar-refractivity contribution < 1.29 is 19.1 Å². The maximum Gasteiger partial charge on any atom is 0.277 e. The van der Waals surface area contributed by atoms with E-state index >= 15 is 0 Å². The van der Waals surface area contributed by atoms with Gasteiger partial charge in [0.05, 0.1) is 18.8 Å². The second-order valence-corrected chi connectivity index (χ2v) is 7.48. The van der Waals surface area contributed by atoms with E-state index in [1.54, 1.807) is 14.2 Å². The Morgan fingerprint density at radius 2 is 1.62 bits per heavy atom. The highest BCUT2D eigenvalue weighted by atomic mass is 16.5. The highest BCUT2D eigenvalue weighted by molar-refractivity contribution is 6.35. The van der Waals surface area contributed by atoms with Gasteiger partial charge in [0.2, 0.25) is 0 Å². The number of methoxy groups -OCH3 is 2. The van der Waals surface area contributed by atoms with Crippen molar-refractivity contribution in [2.24, 2.45) is 0 Å². The second kappa shape index (κ2) is 11.1. The molecule has 0 fully saturated rings. The molecule has 0 atom stereocenters. The first-order valence-corrected chi connectivity index (χ1v) is 10.4. The molecule has 0 N–H and O–H groups in total. The third-order valence-corrected chi connectivity index (χ3v) is 5.23. The molecule has 0 unspecified atom stereocenters. The van der Waals surface area contributed by atoms with Gasteiger partial charge in [-0.2, -0.15) is 0 Å². The van der Waals surface area contributed by atoms with Gasteiger partial charge in [0.15, 0.2) is 0 Å². The van der Waals surface area contributed by atoms with E-state index in [0.717, 1.165) is 36.0 Å². The van der Waals surface area contributed by atoms with Gasteiger partial charge < -0.3 is 14.4 Å². The molecule has 0 bridgehead atoms. The van der Waals surface area contributed by atoms with Gasteiger partial charge in [0, 0.05) is 33.9 Å². The molecule has 2 rings (SSSR count). The first-order valence-electron chi connectivity index (χ1n) is 10.4. The van der Waals surface area contributed by atoms with Gasteiger partial charge in [0.1, 0.15) is 5.70 Å². The average Bonchev–Trinajstić information content (AvgIpc) is 2.93. The maximum atomic E-state index is 13.4. The van der Waals surface area contributed by atoms with Crippen molar-refractivity contribution in [3.05, 3.63) is 40.6 Å². The molecule has 0 spiro atoms. The Kier molecular flexibility index (Phi) is 8.86. The lowest BCUT2D eigenvalue weighted by Gasteiger charge is -2.26. The van der Waals surface area contributed by atoms with E-state index in [1.807, 2.05) is 36.9 Å². The smallest absolute Gasteiger partial charge is 0.277 e. The Morgan fingerprint density at radius 3 is 2.17 bits per heavy atom. The third kappa shape index (κ3) is 5.46. The number of carbonyl (C=O) groups excluding carboxylic acids is 2. The van der Waals surface area contributed by atoms with Crippen LogP contribution in [0.3, 0.4) is 0 Å². The van der Waals surface area contributed by atoms with Crippen molar-refractivity contribution in [3.8, 4) is 0 Å². The Hall–Kier alpha value is -2.18. The normalized spacial score (nSPS) is 14.3. The van der Waals surface area contributed by atoms with Crippen LogP contribution in [0.5, 0.6) is 0 Å². The number of ether oxygens (including phenoxy) is 2. The van der Waals surface area contributed by atoms with Crippen LogP contribution in [0.4, 0.5) is 0 Å². The predicted octanol–water partition coefficient (Wildman–Crippen LogP) is 3.17. The summed E-state index contributed by atoms with van der Waals surface area (Å²) in [5.74, 6) is -0.416. The first kappa shape index (κ1) is 23.1. The molecule has 0 saturated heterocycles. The summed E-state index contributed by atoms with van der Waals surface area (Å²) in [5.41, 5.74) is 3.90. The zero-order valence-electron chi connectivity index (χ0n) is 18.4. The van der Waals surface area contributed by atoms with E-state index in [0.29, 0.717) is 44.1 Å². The van der Waals surface area contributed by atoms with E-state index in [1.165, 1.54) is 4.90 Å². The minimum absolute atomic E-state index is 0.201. The zero-order chi connectivity index (χ0) is 21.4. The molecule has 0 saturated carbocycles. The number of unbranched alkanes of at least 4 members (excludes halogenated alkanes) is 2. The van der Waals surface area contributed by atoms with Gasteiger partial charge in [-0.25, -0.2) is 0 Å². The van der Waals surface area contributed by atoms with Crippen LogP contribution < -0.4 is 0 Å². The molecular weight excluding hydrogens is 368 g/mol. The van der Waals surface area contributed by atoms with Crippen LogP contribution in [0, 0.1) is 13.8 Å². The van der Waals surface area contributed by atoms with Crippen LogP contribution in [0.2, 0.25) is 0 Å². The number of rotatable bonds is 12. The fraction of sp³-hybridized carbons (Fsp3) is 0.565. The summed E-state index contributed by atoms with van der Waals surface area (Å²) in [6.45, 7) is 8.53. The monoisotopic (exact) mass is 402 g/mol. The Morgan fingerprint density at radius 1 is 0.966 bits per heavy atom. The maximum absolute atomic E-state index is 13.4. The summed E-state index contributed by atoms with van der Waals surface area (Å²) in [4.78, 5) is 30.1. The van der Waals surface area contributed by atoms with Crippen molar-refractivity contribution >= 4 is 17.4 Å². The topological polar surface area (TPSA) is 59.1 Å². The Bertz CT molecular complexity index is 749. The fourth-order valence-electron chi connectivity index (χ4n) is 3.65. The Labute approximate surface area is 174 Å². The summed E-state index contributed by atoms with van der Waals surface area (Å²) in [6, 6.07) is 5.98. The number of carbonyl (C=O) groups is 2. The van der Waals surface area contributed by atoms with Gasteiger partial charge in [0.25, 0.3) is 11.8 Å². The van der Waals surface area contributed by atoms with Crippen LogP contribution in [-0.2, 0) is 19.1 Å². The van der Waals surface area contributed by atoms with E-state index in [4.69, 9.17) is 9.47 Å². The van der Waals surface area contributed by atoms with Crippen molar-refractivity contribution in [1.82, 2.24) is 9.80 Å². The molecule has 1 heterocycles. The average molecular weight is 403 g/mol. The van der Waals surface area contributed by atoms with Crippen LogP contribution in [-0.4, -0.2) is 68.7 Å². The summed E-state index contributed by atoms with van der Waals surface area (Å²) >= 11 is 0. The fourth-order valence-corrected chi connectivity index (χ4v) is 3.65. The first-order chi connectivity index (χ1) is 14.0. The van der Waals surface area contributed by atoms with Gasteiger partial charge >= 0.3 is 0 Å². The van der Waals surface area contributed by atoms with Crippen molar-refractivity contribution in [3.63, 3.8) is 0 Å². The molecule has 6 nitrogen and oxygen atoms in total. The molecular formula is C23H34N2O4. The highest BCUT2D eigenvalue weighted by Gasteiger charge is 2.41. The van der Waals surface area contributed by atoms with E-state index in [2.05, 4.69) is 6.92 Å². The lowest BCUT2D eigenvalue weighted by atomic mass is 9.97. The molecule has 160 valence electrons. The van der Waals surface area contributed by atoms with Gasteiger partial charge in [-0.1, -0.05) is 43.5 Å². The lowest BCUT2D eigenvalue weighted by molar-refractivity contribution is -0.137. The van der Waals surface area contributed by atoms with Crippen molar-refractivity contribution in [2.75, 3.05) is 47.1 Å². The number of nitrogens with zero attached hydrogens (tertiary/aromatic N) is 2. The zero-order valence-corrected chi connectivity index (χ0v) is 18.4. The van der Waals surface area contributed by atoms with Crippen LogP contribution in [0.25, 0.3) is 5.57 Å². The van der Waals surface area contributed by atoms with E-state index < -0.39 is 0 Å². The molecule has 1 aromatic carbocycles. The lowest BCUT2D eigenvalue weighted by Crippen LogP contribution is -2.38. The largest absolute Gasteiger partial charge is 0.383 e. The van der Waals surface area contributed by atoms with Crippen LogP contribution >= 0.6 is 0 Å². The number of hydrogen-bond acceptors (Lipinski definition) is 5. The molecule has 1 aliphatic rings. The van der Waals surface area contributed by atoms with Crippen LogP contribution in [0.15, 0.2) is 23.9 Å². The molecule has 29 heavy (non-hydrogen) atoms. The number of amides is 2. The third-order valence-electron chi connectivity index (χ3n) is 5.23. The number of aryl methyl sites for hydroxylation is 2. The molecule has 0 aliphatic carbocycles. The summed E-state index contributed by atoms with van der Waals surface area (Å²) in [5, 5.41) is 0. The highest BCUT2D eigenvalue weighted by Crippen LogP contribution is 2.33. The molecule has 2 amide bonds. The number of imide groups is 1. The standard InChI is InChI=1S/C23H34N2O4/c1-6-7-8-11-25-22(26)20(19-10-9-17(2)16-18(19)3)21(23(25)27)24(12-14-28-4)13-15-29-5/h9-10,16H,6-8,11-15H2,1-5H3. The van der Waals surface area contributed by atoms with E-state index in [-0.39, 0.29) is 11.8 Å². The van der Waals surface area contributed by atoms with Gasteiger partial charge in [-0.05, 0) is 31.4 Å². The molecule has 0 aromatic heterocycles. The SMILES string of the molecule is CCCCCN1C(=O)C(c2ccc(C)cc2C)=C(N(CCOC)CCOC)C1=O. The molecule has 1 aromatic rings.